The van der Waals surface area contributed by atoms with E-state index >= 15 is 0 Å². The third-order valence-electron chi connectivity index (χ3n) is 2.87. The fourth-order valence-corrected chi connectivity index (χ4v) is 2.03. The number of benzene rings is 2. The lowest BCUT2D eigenvalue weighted by molar-refractivity contribution is -0.115. The second kappa shape index (κ2) is 7.61. The molecule has 2 rings (SSSR count). The largest absolute Gasteiger partial charge is 0.497 e. The van der Waals surface area contributed by atoms with Gasteiger partial charge in [0, 0.05) is 21.8 Å². The quantitative estimate of drug-likeness (QED) is 0.859. The SMILES string of the molecule is COc1cccc(NC(=O)CNC(=O)c2ccc(Br)cc2)c1. The molecule has 0 spiro atoms. The highest BCUT2D eigenvalue weighted by atomic mass is 79.9. The normalized spacial score (nSPS) is 9.91. The zero-order valence-corrected chi connectivity index (χ0v) is 13.5. The molecular weight excluding hydrogens is 348 g/mol. The van der Waals surface area contributed by atoms with Gasteiger partial charge in [0.25, 0.3) is 5.91 Å². The van der Waals surface area contributed by atoms with Crippen molar-refractivity contribution in [1.82, 2.24) is 5.32 Å². The summed E-state index contributed by atoms with van der Waals surface area (Å²) in [5, 5.41) is 5.26. The van der Waals surface area contributed by atoms with E-state index in [1.165, 1.54) is 0 Å². The summed E-state index contributed by atoms with van der Waals surface area (Å²) in [6, 6.07) is 13.9. The first kappa shape index (κ1) is 16.0. The molecule has 2 amide bonds. The number of carbonyl (C=O) groups excluding carboxylic acids is 2. The Balaban J connectivity index is 1.87. The Hall–Kier alpha value is -2.34. The molecule has 0 aliphatic carbocycles. The molecule has 0 bridgehead atoms. The van der Waals surface area contributed by atoms with Gasteiger partial charge < -0.3 is 15.4 Å². The fraction of sp³-hybridized carbons (Fsp3) is 0.125. The van der Waals surface area contributed by atoms with Crippen LogP contribution in [0.1, 0.15) is 10.4 Å². The van der Waals surface area contributed by atoms with E-state index in [2.05, 4.69) is 26.6 Å². The van der Waals surface area contributed by atoms with Crippen molar-refractivity contribution in [2.75, 3.05) is 19.0 Å². The van der Waals surface area contributed by atoms with E-state index in [0.717, 1.165) is 4.47 Å². The molecule has 0 fully saturated rings. The number of amides is 2. The summed E-state index contributed by atoms with van der Waals surface area (Å²) < 4.78 is 5.97. The molecule has 2 N–H and O–H groups in total. The predicted molar refractivity (Wildman–Crippen MR) is 88.1 cm³/mol. The van der Waals surface area contributed by atoms with Crippen LogP contribution in [-0.4, -0.2) is 25.5 Å². The Kier molecular flexibility index (Phi) is 5.55. The Bertz CT molecular complexity index is 671. The summed E-state index contributed by atoms with van der Waals surface area (Å²) in [6.45, 7) is -0.105. The van der Waals surface area contributed by atoms with Crippen LogP contribution in [0, 0.1) is 0 Å². The fourth-order valence-electron chi connectivity index (χ4n) is 1.77. The van der Waals surface area contributed by atoms with E-state index in [1.54, 1.807) is 55.6 Å². The van der Waals surface area contributed by atoms with Crippen LogP contribution in [-0.2, 0) is 4.79 Å². The Morgan fingerprint density at radius 3 is 2.55 bits per heavy atom. The second-order valence-electron chi connectivity index (χ2n) is 4.47. The highest BCUT2D eigenvalue weighted by Gasteiger charge is 2.08. The second-order valence-corrected chi connectivity index (χ2v) is 5.39. The zero-order chi connectivity index (χ0) is 15.9. The molecule has 0 atom stereocenters. The Morgan fingerprint density at radius 2 is 1.86 bits per heavy atom. The van der Waals surface area contributed by atoms with Crippen molar-refractivity contribution in [3.63, 3.8) is 0 Å². The van der Waals surface area contributed by atoms with Crippen molar-refractivity contribution >= 4 is 33.4 Å². The summed E-state index contributed by atoms with van der Waals surface area (Å²) >= 11 is 3.30. The van der Waals surface area contributed by atoms with Crippen molar-refractivity contribution in [3.8, 4) is 5.75 Å². The van der Waals surface area contributed by atoms with Crippen LogP contribution < -0.4 is 15.4 Å². The average molecular weight is 363 g/mol. The minimum atomic E-state index is -0.307. The van der Waals surface area contributed by atoms with Gasteiger partial charge in [-0.2, -0.15) is 0 Å². The number of carbonyl (C=O) groups is 2. The number of nitrogens with one attached hydrogen (secondary N) is 2. The van der Waals surface area contributed by atoms with Crippen molar-refractivity contribution in [1.29, 1.82) is 0 Å². The summed E-state index contributed by atoms with van der Waals surface area (Å²) in [6.07, 6.45) is 0. The monoisotopic (exact) mass is 362 g/mol. The molecule has 0 saturated carbocycles. The summed E-state index contributed by atoms with van der Waals surface area (Å²) in [5.74, 6) is 0.0451. The zero-order valence-electron chi connectivity index (χ0n) is 11.9. The molecule has 0 aliphatic rings. The maximum Gasteiger partial charge on any atom is 0.251 e. The van der Waals surface area contributed by atoms with Crippen molar-refractivity contribution in [2.45, 2.75) is 0 Å². The van der Waals surface area contributed by atoms with Crippen LogP contribution in [0.4, 0.5) is 5.69 Å². The van der Waals surface area contributed by atoms with Crippen LogP contribution in [0.15, 0.2) is 53.0 Å². The van der Waals surface area contributed by atoms with Gasteiger partial charge >= 0.3 is 0 Å². The van der Waals surface area contributed by atoms with Crippen molar-refractivity contribution in [2.24, 2.45) is 0 Å². The molecule has 0 aromatic heterocycles. The first-order valence-electron chi connectivity index (χ1n) is 6.56. The van der Waals surface area contributed by atoms with E-state index in [9.17, 15) is 9.59 Å². The number of halogens is 1. The summed E-state index contributed by atoms with van der Waals surface area (Å²) in [4.78, 5) is 23.7. The van der Waals surface area contributed by atoms with Gasteiger partial charge in [0.2, 0.25) is 5.91 Å². The Labute approximate surface area is 136 Å². The van der Waals surface area contributed by atoms with Gasteiger partial charge in [-0.05, 0) is 36.4 Å². The predicted octanol–water partition coefficient (Wildman–Crippen LogP) is 2.83. The number of ether oxygens (including phenoxy) is 1. The average Bonchev–Trinajstić information content (AvgIpc) is 2.53. The maximum atomic E-state index is 11.9. The molecule has 5 nitrogen and oxygen atoms in total. The Morgan fingerprint density at radius 1 is 1.14 bits per heavy atom. The van der Waals surface area contributed by atoms with Gasteiger partial charge in [-0.15, -0.1) is 0 Å². The van der Waals surface area contributed by atoms with Crippen LogP contribution >= 0.6 is 15.9 Å². The first-order valence-corrected chi connectivity index (χ1v) is 7.35. The van der Waals surface area contributed by atoms with E-state index in [1.807, 2.05) is 0 Å². The van der Waals surface area contributed by atoms with Gasteiger partial charge in [0.1, 0.15) is 5.75 Å². The van der Waals surface area contributed by atoms with Gasteiger partial charge in [-0.1, -0.05) is 22.0 Å². The molecule has 22 heavy (non-hydrogen) atoms. The number of hydrogen-bond acceptors (Lipinski definition) is 3. The van der Waals surface area contributed by atoms with Crippen LogP contribution in [0.5, 0.6) is 5.75 Å². The first-order chi connectivity index (χ1) is 10.6. The van der Waals surface area contributed by atoms with Crippen LogP contribution in [0.3, 0.4) is 0 Å². The molecule has 2 aromatic carbocycles. The molecule has 0 saturated heterocycles. The van der Waals surface area contributed by atoms with Gasteiger partial charge in [-0.3, -0.25) is 9.59 Å². The van der Waals surface area contributed by atoms with E-state index < -0.39 is 0 Å². The lowest BCUT2D eigenvalue weighted by atomic mass is 10.2. The van der Waals surface area contributed by atoms with Gasteiger partial charge in [-0.25, -0.2) is 0 Å². The van der Waals surface area contributed by atoms with Crippen molar-refractivity contribution < 1.29 is 14.3 Å². The van der Waals surface area contributed by atoms with Gasteiger partial charge in [0.15, 0.2) is 0 Å². The van der Waals surface area contributed by atoms with Crippen LogP contribution in [0.25, 0.3) is 0 Å². The van der Waals surface area contributed by atoms with E-state index in [4.69, 9.17) is 4.74 Å². The van der Waals surface area contributed by atoms with Gasteiger partial charge in [0.05, 0.1) is 13.7 Å². The standard InChI is InChI=1S/C16H15BrN2O3/c1-22-14-4-2-3-13(9-14)19-15(20)10-18-16(21)11-5-7-12(17)8-6-11/h2-9H,10H2,1H3,(H,18,21)(H,19,20). The molecule has 0 heterocycles. The van der Waals surface area contributed by atoms with E-state index in [0.29, 0.717) is 17.0 Å². The molecule has 6 heteroatoms. The molecule has 0 radical (unpaired) electrons. The topological polar surface area (TPSA) is 67.4 Å². The number of anilines is 1. The molecule has 2 aromatic rings. The highest BCUT2D eigenvalue weighted by molar-refractivity contribution is 9.10. The molecule has 0 aliphatic heterocycles. The summed E-state index contributed by atoms with van der Waals surface area (Å²) in [7, 11) is 1.55. The van der Waals surface area contributed by atoms with Crippen molar-refractivity contribution in [3.05, 3.63) is 58.6 Å². The third-order valence-corrected chi connectivity index (χ3v) is 3.40. The highest BCUT2D eigenvalue weighted by Crippen LogP contribution is 2.16. The maximum absolute atomic E-state index is 11.9. The minimum absolute atomic E-state index is 0.105. The molecular formula is C16H15BrN2O3. The lowest BCUT2D eigenvalue weighted by Crippen LogP contribution is -2.32. The third kappa shape index (κ3) is 4.60. The number of rotatable bonds is 5. The molecule has 0 unspecified atom stereocenters. The number of methoxy groups -OCH3 is 1. The lowest BCUT2D eigenvalue weighted by Gasteiger charge is -2.08. The van der Waals surface area contributed by atoms with E-state index in [-0.39, 0.29) is 18.4 Å². The number of hydrogen-bond donors (Lipinski definition) is 2. The smallest absolute Gasteiger partial charge is 0.251 e. The minimum Gasteiger partial charge on any atom is -0.497 e. The molecule has 114 valence electrons. The summed E-state index contributed by atoms with van der Waals surface area (Å²) in [5.41, 5.74) is 1.11. The van der Waals surface area contributed by atoms with Crippen LogP contribution in [0.2, 0.25) is 0 Å².